The second kappa shape index (κ2) is 6.88. The van der Waals surface area contributed by atoms with E-state index in [0.717, 1.165) is 0 Å². The lowest BCUT2D eigenvalue weighted by Crippen LogP contribution is -2.69. The number of amides is 1. The Morgan fingerprint density at radius 2 is 1.63 bits per heavy atom. The fraction of sp³-hybridized carbons (Fsp3) is 0.250. The smallest absolute Gasteiger partial charge is 0.253 e. The predicted molar refractivity (Wildman–Crippen MR) is 99.1 cm³/mol. The number of halogens is 1. The highest BCUT2D eigenvalue weighted by molar-refractivity contribution is 6.34. The maximum Gasteiger partial charge on any atom is 0.253 e. The highest BCUT2D eigenvalue weighted by Crippen LogP contribution is 2.34. The molecular weight excluding hydrogens is 368 g/mol. The zero-order valence-electron chi connectivity index (χ0n) is 14.4. The van der Waals surface area contributed by atoms with E-state index in [0.29, 0.717) is 42.5 Å². The van der Waals surface area contributed by atoms with Crippen LogP contribution in [0.15, 0.2) is 48.5 Å². The van der Waals surface area contributed by atoms with Gasteiger partial charge in [0, 0.05) is 34.8 Å². The van der Waals surface area contributed by atoms with Gasteiger partial charge in [0.15, 0.2) is 0 Å². The van der Waals surface area contributed by atoms with Crippen molar-refractivity contribution >= 4 is 29.1 Å². The largest absolute Gasteiger partial charge is 0.379 e. The van der Waals surface area contributed by atoms with Gasteiger partial charge in [-0.15, -0.1) is 0 Å². The summed E-state index contributed by atoms with van der Waals surface area (Å²) in [6.45, 7) is 1.49. The third kappa shape index (κ3) is 2.86. The molecule has 6 nitrogen and oxygen atoms in total. The molecule has 2 aromatic carbocycles. The van der Waals surface area contributed by atoms with E-state index in [1.54, 1.807) is 47.4 Å². The fourth-order valence-corrected chi connectivity index (χ4v) is 3.81. The molecule has 1 aliphatic heterocycles. The number of Topliss-reactive ketones (excluding diaryl/α,β-unsaturated/α-hetero) is 2. The first-order chi connectivity index (χ1) is 13.0. The van der Waals surface area contributed by atoms with E-state index < -0.39 is 23.1 Å². The zero-order chi connectivity index (χ0) is 19.0. The molecule has 27 heavy (non-hydrogen) atoms. The molecule has 1 heterocycles. The van der Waals surface area contributed by atoms with Crippen molar-refractivity contribution in [2.45, 2.75) is 5.66 Å². The van der Waals surface area contributed by atoms with Crippen LogP contribution in [0.4, 0.5) is 0 Å². The highest BCUT2D eigenvalue weighted by Gasteiger charge is 2.58. The van der Waals surface area contributed by atoms with E-state index in [2.05, 4.69) is 5.32 Å². The van der Waals surface area contributed by atoms with E-state index in [1.165, 1.54) is 6.07 Å². The molecular formula is C20H17ClN2O4. The van der Waals surface area contributed by atoms with Crippen LogP contribution in [-0.4, -0.2) is 54.3 Å². The summed E-state index contributed by atoms with van der Waals surface area (Å²) in [5.74, 6) is -1.36. The van der Waals surface area contributed by atoms with Gasteiger partial charge in [-0.3, -0.25) is 19.3 Å². The first-order valence-electron chi connectivity index (χ1n) is 8.63. The number of rotatable bonds is 3. The summed E-state index contributed by atoms with van der Waals surface area (Å²) in [5.41, 5.74) is -0.833. The molecule has 138 valence electrons. The van der Waals surface area contributed by atoms with Gasteiger partial charge in [0.25, 0.3) is 5.91 Å². The standard InChI is InChI=1S/C20H17ClN2O4/c21-14-5-3-4-13(12-14)19(26)22-20(23-8-10-27-11-9-23)17(24)15-6-1-2-7-16(15)18(20)25/h1-7,12H,8-11H2,(H,22,26). The van der Waals surface area contributed by atoms with Crippen LogP contribution in [0, 0.1) is 0 Å². The summed E-state index contributed by atoms with van der Waals surface area (Å²) in [4.78, 5) is 41.2. The first-order valence-corrected chi connectivity index (χ1v) is 9.01. The molecule has 4 rings (SSSR count). The summed E-state index contributed by atoms with van der Waals surface area (Å²) in [6, 6.07) is 13.0. The van der Waals surface area contributed by atoms with Gasteiger partial charge < -0.3 is 10.1 Å². The van der Waals surface area contributed by atoms with Gasteiger partial charge in [0.05, 0.1) is 13.2 Å². The van der Waals surface area contributed by atoms with E-state index >= 15 is 0 Å². The molecule has 0 unspecified atom stereocenters. The van der Waals surface area contributed by atoms with Crippen LogP contribution >= 0.6 is 11.6 Å². The van der Waals surface area contributed by atoms with Crippen molar-refractivity contribution in [3.05, 3.63) is 70.2 Å². The molecule has 2 aliphatic rings. The molecule has 0 spiro atoms. The van der Waals surface area contributed by atoms with Gasteiger partial charge in [-0.05, 0) is 18.2 Å². The summed E-state index contributed by atoms with van der Waals surface area (Å²) in [7, 11) is 0. The summed E-state index contributed by atoms with van der Waals surface area (Å²) in [5, 5.41) is 3.12. The average Bonchev–Trinajstić information content (AvgIpc) is 2.91. The molecule has 1 aliphatic carbocycles. The van der Waals surface area contributed by atoms with Crippen LogP contribution < -0.4 is 5.32 Å². The van der Waals surface area contributed by atoms with E-state index in [-0.39, 0.29) is 5.56 Å². The number of fused-ring (bicyclic) bond motifs is 1. The molecule has 0 atom stereocenters. The Balaban J connectivity index is 1.78. The second-order valence-corrected chi connectivity index (χ2v) is 6.91. The summed E-state index contributed by atoms with van der Waals surface area (Å²) >= 11 is 5.98. The lowest BCUT2D eigenvalue weighted by atomic mass is 9.99. The molecule has 1 saturated heterocycles. The summed E-state index contributed by atoms with van der Waals surface area (Å²) < 4.78 is 5.36. The maximum atomic E-state index is 13.3. The number of ketones is 2. The topological polar surface area (TPSA) is 75.7 Å². The van der Waals surface area contributed by atoms with Crippen molar-refractivity contribution in [1.29, 1.82) is 0 Å². The van der Waals surface area contributed by atoms with Crippen LogP contribution in [0.25, 0.3) is 0 Å². The molecule has 1 N–H and O–H groups in total. The van der Waals surface area contributed by atoms with E-state index in [9.17, 15) is 14.4 Å². The van der Waals surface area contributed by atoms with Crippen LogP contribution in [0.5, 0.6) is 0 Å². The average molecular weight is 385 g/mol. The number of morpholine rings is 1. The molecule has 0 saturated carbocycles. The van der Waals surface area contributed by atoms with Crippen molar-refractivity contribution < 1.29 is 19.1 Å². The lowest BCUT2D eigenvalue weighted by molar-refractivity contribution is -0.0151. The third-order valence-corrected chi connectivity index (χ3v) is 5.18. The van der Waals surface area contributed by atoms with Gasteiger partial charge in [0.2, 0.25) is 17.2 Å². The van der Waals surface area contributed by atoms with Crippen LogP contribution in [0.2, 0.25) is 5.02 Å². The molecule has 7 heteroatoms. The highest BCUT2D eigenvalue weighted by atomic mass is 35.5. The third-order valence-electron chi connectivity index (χ3n) is 4.94. The second-order valence-electron chi connectivity index (χ2n) is 6.48. The number of carbonyl (C=O) groups is 3. The van der Waals surface area contributed by atoms with Crippen molar-refractivity contribution in [3.63, 3.8) is 0 Å². The Morgan fingerprint density at radius 3 is 2.22 bits per heavy atom. The molecule has 2 aromatic rings. The van der Waals surface area contributed by atoms with Gasteiger partial charge in [-0.2, -0.15) is 0 Å². The Labute approximate surface area is 161 Å². The van der Waals surface area contributed by atoms with Crippen LogP contribution in [0.3, 0.4) is 0 Å². The minimum absolute atomic E-state index is 0.284. The maximum absolute atomic E-state index is 13.3. The number of nitrogens with zero attached hydrogens (tertiary/aromatic N) is 1. The minimum atomic E-state index is -1.76. The van der Waals surface area contributed by atoms with Gasteiger partial charge in [-0.1, -0.05) is 41.9 Å². The van der Waals surface area contributed by atoms with Crippen molar-refractivity contribution in [2.24, 2.45) is 0 Å². The SMILES string of the molecule is O=C(NC1(N2CCOCC2)C(=O)c2ccccc2C1=O)c1cccc(Cl)c1. The van der Waals surface area contributed by atoms with Crippen molar-refractivity contribution in [3.8, 4) is 0 Å². The van der Waals surface area contributed by atoms with E-state index in [4.69, 9.17) is 16.3 Å². The zero-order valence-corrected chi connectivity index (χ0v) is 15.2. The predicted octanol–water partition coefficient (Wildman–Crippen LogP) is 2.18. The number of carbonyl (C=O) groups excluding carboxylic acids is 3. The number of ether oxygens (including phenoxy) is 1. The molecule has 1 amide bonds. The van der Waals surface area contributed by atoms with Crippen LogP contribution in [0.1, 0.15) is 31.1 Å². The monoisotopic (exact) mass is 384 g/mol. The lowest BCUT2D eigenvalue weighted by Gasteiger charge is -2.40. The Kier molecular flexibility index (Phi) is 4.55. The Bertz CT molecular complexity index is 902. The van der Waals surface area contributed by atoms with Crippen molar-refractivity contribution in [1.82, 2.24) is 10.2 Å². The number of hydrogen-bond donors (Lipinski definition) is 1. The quantitative estimate of drug-likeness (QED) is 0.821. The number of nitrogens with one attached hydrogen (secondary N) is 1. The fourth-order valence-electron chi connectivity index (χ4n) is 3.62. The summed E-state index contributed by atoms with van der Waals surface area (Å²) in [6.07, 6.45) is 0. The normalized spacial score (nSPS) is 19.0. The molecule has 0 bridgehead atoms. The van der Waals surface area contributed by atoms with Gasteiger partial charge >= 0.3 is 0 Å². The van der Waals surface area contributed by atoms with Gasteiger partial charge in [0.1, 0.15) is 0 Å². The van der Waals surface area contributed by atoms with E-state index in [1.807, 2.05) is 0 Å². The number of hydrogen-bond acceptors (Lipinski definition) is 5. The van der Waals surface area contributed by atoms with Gasteiger partial charge in [-0.25, -0.2) is 0 Å². The molecule has 0 radical (unpaired) electrons. The Morgan fingerprint density at radius 1 is 1.00 bits per heavy atom. The Hall–Kier alpha value is -2.54. The number of benzene rings is 2. The first kappa shape index (κ1) is 17.9. The van der Waals surface area contributed by atoms with Crippen molar-refractivity contribution in [2.75, 3.05) is 26.3 Å². The minimum Gasteiger partial charge on any atom is -0.379 e. The molecule has 0 aromatic heterocycles. The van der Waals surface area contributed by atoms with Crippen LogP contribution in [-0.2, 0) is 4.74 Å². The molecule has 1 fully saturated rings.